The molecule has 0 aliphatic carbocycles. The van der Waals surface area contributed by atoms with Crippen molar-refractivity contribution in [3.63, 3.8) is 0 Å². The summed E-state index contributed by atoms with van der Waals surface area (Å²) < 4.78 is 0. The molecule has 0 radical (unpaired) electrons. The smallest absolute Gasteiger partial charge is 0.235 e. The van der Waals surface area contributed by atoms with Crippen LogP contribution in [-0.4, -0.2) is 17.0 Å². The van der Waals surface area contributed by atoms with Crippen molar-refractivity contribution in [2.24, 2.45) is 16.8 Å². The van der Waals surface area contributed by atoms with Gasteiger partial charge in [0, 0.05) is 5.69 Å². The Labute approximate surface area is 119 Å². The fraction of sp³-hybridized carbons (Fsp3) is 0.467. The third kappa shape index (κ3) is 3.98. The number of carbonyl (C=O) groups excluding carboxylic acids is 1. The van der Waals surface area contributed by atoms with Crippen LogP contribution in [0, 0.1) is 5.92 Å². The Morgan fingerprint density at radius 2 is 1.90 bits per heavy atom. The lowest BCUT2D eigenvalue weighted by Gasteiger charge is -2.19. The first-order valence-corrected chi connectivity index (χ1v) is 6.68. The van der Waals surface area contributed by atoms with Gasteiger partial charge in [0.05, 0.1) is 5.92 Å². The number of nitrogens with one attached hydrogen (secondary N) is 1. The highest BCUT2D eigenvalue weighted by Crippen LogP contribution is 2.23. The zero-order valence-electron chi connectivity index (χ0n) is 12.5. The lowest BCUT2D eigenvalue weighted by molar-refractivity contribution is -0.118. The molecule has 110 valence electrons. The van der Waals surface area contributed by atoms with Gasteiger partial charge in [-0.2, -0.15) is 0 Å². The highest BCUT2D eigenvalue weighted by Gasteiger charge is 2.21. The van der Waals surface area contributed by atoms with Crippen LogP contribution in [0.5, 0.6) is 0 Å². The molecular weight excluding hydrogens is 254 g/mol. The number of carbonyl (C=O) groups is 1. The summed E-state index contributed by atoms with van der Waals surface area (Å²) in [6.07, 6.45) is 0.474. The van der Waals surface area contributed by atoms with Crippen molar-refractivity contribution in [1.82, 2.24) is 0 Å². The first-order chi connectivity index (χ1) is 9.29. The molecular formula is C15H23N3O2. The number of amides is 1. The van der Waals surface area contributed by atoms with Gasteiger partial charge in [-0.25, -0.2) is 0 Å². The summed E-state index contributed by atoms with van der Waals surface area (Å²) in [6, 6.07) is 7.69. The van der Waals surface area contributed by atoms with Crippen molar-refractivity contribution in [1.29, 1.82) is 0 Å². The monoisotopic (exact) mass is 277 g/mol. The van der Waals surface area contributed by atoms with E-state index in [1.807, 2.05) is 31.2 Å². The number of hydrogen-bond donors (Lipinski definition) is 3. The highest BCUT2D eigenvalue weighted by molar-refractivity contribution is 6.07. The minimum Gasteiger partial charge on any atom is -0.409 e. The Morgan fingerprint density at radius 1 is 1.35 bits per heavy atom. The lowest BCUT2D eigenvalue weighted by atomic mass is 9.87. The van der Waals surface area contributed by atoms with Gasteiger partial charge >= 0.3 is 0 Å². The van der Waals surface area contributed by atoms with Crippen LogP contribution >= 0.6 is 0 Å². The second-order valence-electron chi connectivity index (χ2n) is 5.80. The third-order valence-corrected chi connectivity index (χ3v) is 3.22. The van der Waals surface area contributed by atoms with Crippen molar-refractivity contribution in [3.05, 3.63) is 29.8 Å². The minimum absolute atomic E-state index is 0.0719. The van der Waals surface area contributed by atoms with Crippen molar-refractivity contribution >= 4 is 17.4 Å². The fourth-order valence-electron chi connectivity index (χ4n) is 1.88. The summed E-state index contributed by atoms with van der Waals surface area (Å²) in [5, 5.41) is 14.3. The van der Waals surface area contributed by atoms with Crippen molar-refractivity contribution in [2.45, 2.75) is 39.5 Å². The van der Waals surface area contributed by atoms with Crippen LogP contribution in [0.4, 0.5) is 5.69 Å². The maximum absolute atomic E-state index is 12.0. The van der Waals surface area contributed by atoms with E-state index in [1.54, 1.807) is 0 Å². The molecule has 5 heteroatoms. The molecule has 0 bridgehead atoms. The topological polar surface area (TPSA) is 87.7 Å². The van der Waals surface area contributed by atoms with Gasteiger partial charge in [-0.3, -0.25) is 4.79 Å². The number of oxime groups is 1. The van der Waals surface area contributed by atoms with Crippen molar-refractivity contribution in [2.75, 3.05) is 5.32 Å². The third-order valence-electron chi connectivity index (χ3n) is 3.22. The standard InChI is InChI=1S/C15H23N3O2/c1-5-12(13(16)18-20)14(19)17-11-8-6-10(7-9-11)15(2,3)4/h6-9,12,20H,5H2,1-4H3,(H2,16,18)(H,17,19). The number of amidine groups is 1. The van der Waals surface area contributed by atoms with Gasteiger partial charge in [0.25, 0.3) is 0 Å². The van der Waals surface area contributed by atoms with Gasteiger partial charge < -0.3 is 16.3 Å². The van der Waals surface area contributed by atoms with E-state index in [2.05, 4.69) is 31.2 Å². The molecule has 0 aliphatic rings. The van der Waals surface area contributed by atoms with Crippen LogP contribution < -0.4 is 11.1 Å². The second-order valence-corrected chi connectivity index (χ2v) is 5.80. The molecule has 0 aromatic heterocycles. The average molecular weight is 277 g/mol. The van der Waals surface area contributed by atoms with E-state index in [0.29, 0.717) is 12.1 Å². The summed E-state index contributed by atoms with van der Waals surface area (Å²) >= 11 is 0. The molecule has 0 spiro atoms. The van der Waals surface area contributed by atoms with Gasteiger partial charge in [0.2, 0.25) is 5.91 Å². The number of hydrogen-bond acceptors (Lipinski definition) is 3. The van der Waals surface area contributed by atoms with Gasteiger partial charge in [0.1, 0.15) is 0 Å². The lowest BCUT2D eigenvalue weighted by Crippen LogP contribution is -2.34. The van der Waals surface area contributed by atoms with Crippen LogP contribution in [0.15, 0.2) is 29.4 Å². The van der Waals surface area contributed by atoms with E-state index in [-0.39, 0.29) is 17.2 Å². The van der Waals surface area contributed by atoms with Gasteiger partial charge in [-0.15, -0.1) is 0 Å². The molecule has 1 atom stereocenters. The predicted octanol–water partition coefficient (Wildman–Crippen LogP) is 2.70. The van der Waals surface area contributed by atoms with Gasteiger partial charge in [-0.05, 0) is 29.5 Å². The number of benzene rings is 1. The zero-order chi connectivity index (χ0) is 15.3. The van der Waals surface area contributed by atoms with Crippen LogP contribution in [0.2, 0.25) is 0 Å². The minimum atomic E-state index is -0.623. The molecule has 0 heterocycles. The molecule has 0 saturated heterocycles. The highest BCUT2D eigenvalue weighted by atomic mass is 16.4. The van der Waals surface area contributed by atoms with Crippen LogP contribution in [0.3, 0.4) is 0 Å². The van der Waals surface area contributed by atoms with E-state index in [9.17, 15) is 4.79 Å². The largest absolute Gasteiger partial charge is 0.409 e. The zero-order valence-corrected chi connectivity index (χ0v) is 12.5. The Bertz CT molecular complexity index is 487. The van der Waals surface area contributed by atoms with E-state index < -0.39 is 5.92 Å². The van der Waals surface area contributed by atoms with Gasteiger partial charge in [-0.1, -0.05) is 45.0 Å². The van der Waals surface area contributed by atoms with Crippen LogP contribution in [-0.2, 0) is 10.2 Å². The SMILES string of the molecule is CCC(C(=O)Nc1ccc(C(C)(C)C)cc1)C(N)=NO. The fourth-order valence-corrected chi connectivity index (χ4v) is 1.88. The Hall–Kier alpha value is -2.04. The molecule has 0 fully saturated rings. The molecule has 1 rings (SSSR count). The molecule has 1 unspecified atom stereocenters. The molecule has 0 saturated carbocycles. The number of anilines is 1. The molecule has 1 aromatic carbocycles. The summed E-state index contributed by atoms with van der Waals surface area (Å²) in [7, 11) is 0. The first kappa shape index (κ1) is 16.0. The quantitative estimate of drug-likeness (QED) is 0.342. The number of rotatable bonds is 4. The van der Waals surface area contributed by atoms with Crippen molar-refractivity contribution < 1.29 is 10.0 Å². The summed E-state index contributed by atoms with van der Waals surface area (Å²) in [4.78, 5) is 12.0. The van der Waals surface area contributed by atoms with E-state index in [1.165, 1.54) is 5.56 Å². The molecule has 0 aliphatic heterocycles. The molecule has 1 aromatic rings. The van der Waals surface area contributed by atoms with E-state index >= 15 is 0 Å². The van der Waals surface area contributed by atoms with E-state index in [0.717, 1.165) is 0 Å². The molecule has 1 amide bonds. The van der Waals surface area contributed by atoms with Crippen molar-refractivity contribution in [3.8, 4) is 0 Å². The summed E-state index contributed by atoms with van der Waals surface area (Å²) in [6.45, 7) is 8.20. The summed E-state index contributed by atoms with van der Waals surface area (Å²) in [5.74, 6) is -0.968. The van der Waals surface area contributed by atoms with E-state index in [4.69, 9.17) is 10.9 Å². The molecule has 20 heavy (non-hydrogen) atoms. The summed E-state index contributed by atoms with van der Waals surface area (Å²) in [5.41, 5.74) is 7.47. The Kier molecular flexibility index (Phi) is 5.13. The van der Waals surface area contributed by atoms with Crippen LogP contribution in [0.25, 0.3) is 0 Å². The maximum Gasteiger partial charge on any atom is 0.235 e. The number of nitrogens with two attached hydrogens (primary N) is 1. The average Bonchev–Trinajstić information content (AvgIpc) is 2.38. The van der Waals surface area contributed by atoms with Gasteiger partial charge in [0.15, 0.2) is 5.84 Å². The molecule has 5 nitrogen and oxygen atoms in total. The normalized spacial score (nSPS) is 13.9. The first-order valence-electron chi connectivity index (χ1n) is 6.68. The Balaban J connectivity index is 2.81. The maximum atomic E-state index is 12.0. The second kappa shape index (κ2) is 6.41. The Morgan fingerprint density at radius 3 is 2.30 bits per heavy atom. The van der Waals surface area contributed by atoms with Crippen LogP contribution in [0.1, 0.15) is 39.7 Å². The number of nitrogens with zero attached hydrogens (tertiary/aromatic N) is 1. The molecule has 4 N–H and O–H groups in total. The predicted molar refractivity (Wildman–Crippen MR) is 81.0 cm³/mol.